The quantitative estimate of drug-likeness (QED) is 0.520. The summed E-state index contributed by atoms with van der Waals surface area (Å²) in [6, 6.07) is 9.66. The number of pyridine rings is 1. The lowest BCUT2D eigenvalue weighted by Gasteiger charge is -2.12. The summed E-state index contributed by atoms with van der Waals surface area (Å²) >= 11 is 0. The topological polar surface area (TPSA) is 112 Å². The van der Waals surface area contributed by atoms with Crippen LogP contribution in [-0.2, 0) is 6.61 Å². The van der Waals surface area contributed by atoms with E-state index in [1.807, 2.05) is 37.3 Å². The van der Waals surface area contributed by atoms with Gasteiger partial charge in [0.15, 0.2) is 5.82 Å². The van der Waals surface area contributed by atoms with Gasteiger partial charge in [0.05, 0.1) is 60.3 Å². The van der Waals surface area contributed by atoms with Crippen LogP contribution in [0.4, 0.5) is 0 Å². The molecule has 29 heavy (non-hydrogen) atoms. The first-order valence-electron chi connectivity index (χ1n) is 9.35. The number of rotatable bonds is 6. The van der Waals surface area contributed by atoms with Gasteiger partial charge in [-0.3, -0.25) is 9.97 Å². The van der Waals surface area contributed by atoms with E-state index >= 15 is 0 Å². The molecular formula is C21H22N6O2. The molecule has 148 valence electrons. The number of hydrogen-bond donors (Lipinski definition) is 2. The first-order chi connectivity index (χ1) is 14.1. The van der Waals surface area contributed by atoms with Crippen molar-refractivity contribution < 1.29 is 9.84 Å². The van der Waals surface area contributed by atoms with Gasteiger partial charge in [-0.15, -0.1) is 0 Å². The van der Waals surface area contributed by atoms with Crippen LogP contribution < -0.4 is 10.5 Å². The summed E-state index contributed by atoms with van der Waals surface area (Å²) in [6.07, 6.45) is 5.66. The predicted molar refractivity (Wildman–Crippen MR) is 110 cm³/mol. The number of methoxy groups -OCH3 is 1. The maximum atomic E-state index is 9.37. The smallest absolute Gasteiger partial charge is 0.172 e. The van der Waals surface area contributed by atoms with Gasteiger partial charge < -0.3 is 15.6 Å². The summed E-state index contributed by atoms with van der Waals surface area (Å²) in [5.41, 5.74) is 9.96. The summed E-state index contributed by atoms with van der Waals surface area (Å²) < 4.78 is 7.28. The molecule has 3 N–H and O–H groups in total. The second kappa shape index (κ2) is 7.94. The highest BCUT2D eigenvalue weighted by atomic mass is 16.5. The summed E-state index contributed by atoms with van der Waals surface area (Å²) in [7, 11) is 1.62. The van der Waals surface area contributed by atoms with Crippen molar-refractivity contribution in [2.24, 2.45) is 5.73 Å². The molecule has 0 aliphatic rings. The van der Waals surface area contributed by atoms with Gasteiger partial charge in [0.25, 0.3) is 0 Å². The van der Waals surface area contributed by atoms with Crippen molar-refractivity contribution in [3.63, 3.8) is 0 Å². The number of aromatic nitrogens is 5. The Morgan fingerprint density at radius 1 is 1.17 bits per heavy atom. The van der Waals surface area contributed by atoms with Gasteiger partial charge in [-0.25, -0.2) is 9.67 Å². The van der Waals surface area contributed by atoms with E-state index < -0.39 is 0 Å². The summed E-state index contributed by atoms with van der Waals surface area (Å²) in [4.78, 5) is 13.3. The van der Waals surface area contributed by atoms with E-state index in [4.69, 9.17) is 15.5 Å². The molecule has 0 saturated heterocycles. The molecule has 4 rings (SSSR count). The third kappa shape index (κ3) is 3.55. The van der Waals surface area contributed by atoms with Gasteiger partial charge in [-0.05, 0) is 30.7 Å². The van der Waals surface area contributed by atoms with Crippen LogP contribution in [0.3, 0.4) is 0 Å². The Balaban J connectivity index is 1.89. The van der Waals surface area contributed by atoms with Crippen molar-refractivity contribution in [2.75, 3.05) is 7.11 Å². The fourth-order valence-corrected chi connectivity index (χ4v) is 3.19. The first kappa shape index (κ1) is 19.0. The molecule has 4 aromatic rings. The minimum absolute atomic E-state index is 0.109. The molecule has 0 amide bonds. The molecule has 8 nitrogen and oxygen atoms in total. The van der Waals surface area contributed by atoms with E-state index in [0.29, 0.717) is 17.3 Å². The molecule has 3 heterocycles. The van der Waals surface area contributed by atoms with Crippen molar-refractivity contribution >= 4 is 10.9 Å². The van der Waals surface area contributed by atoms with Gasteiger partial charge in [0.1, 0.15) is 5.75 Å². The number of aliphatic hydroxyl groups is 1. The molecular weight excluding hydrogens is 368 g/mol. The van der Waals surface area contributed by atoms with E-state index in [-0.39, 0.29) is 12.6 Å². The Morgan fingerprint density at radius 2 is 2.03 bits per heavy atom. The lowest BCUT2D eigenvalue weighted by molar-refractivity contribution is 0.276. The summed E-state index contributed by atoms with van der Waals surface area (Å²) in [6.45, 7) is 1.84. The van der Waals surface area contributed by atoms with E-state index in [9.17, 15) is 5.11 Å². The van der Waals surface area contributed by atoms with Crippen LogP contribution in [0.1, 0.15) is 30.8 Å². The molecule has 0 spiro atoms. The summed E-state index contributed by atoms with van der Waals surface area (Å²) in [5, 5.41) is 14.7. The number of nitrogens with zero attached hydrogens (tertiary/aromatic N) is 5. The van der Waals surface area contributed by atoms with Crippen molar-refractivity contribution in [1.29, 1.82) is 0 Å². The van der Waals surface area contributed by atoms with Crippen LogP contribution in [0, 0.1) is 0 Å². The maximum Gasteiger partial charge on any atom is 0.172 e. The van der Waals surface area contributed by atoms with Crippen molar-refractivity contribution in [3.8, 4) is 22.8 Å². The average molecular weight is 390 g/mol. The highest BCUT2D eigenvalue weighted by Gasteiger charge is 2.15. The zero-order valence-electron chi connectivity index (χ0n) is 16.3. The number of ether oxygens (including phenoxy) is 1. The minimum atomic E-state index is -0.191. The van der Waals surface area contributed by atoms with E-state index in [2.05, 4.69) is 15.1 Å². The number of hydrogen-bond acceptors (Lipinski definition) is 7. The Labute approximate surface area is 168 Å². The van der Waals surface area contributed by atoms with E-state index in [1.165, 1.54) is 6.20 Å². The molecule has 0 radical (unpaired) electrons. The standard InChI is InChI=1S/C21H22N6O2/c1-3-16(22)18-6-4-5-17(26-18)13-7-19-15(20(8-13)29-2)10-24-27(19)21-11-23-9-14(12-28)25-21/h4-11,16,28H,3,12,22H2,1-2H3. The fraction of sp³-hybridized carbons (Fsp3) is 0.238. The zero-order chi connectivity index (χ0) is 20.4. The third-order valence-electron chi connectivity index (χ3n) is 4.81. The van der Waals surface area contributed by atoms with Gasteiger partial charge in [0, 0.05) is 11.6 Å². The van der Waals surface area contributed by atoms with Crippen molar-refractivity contribution in [3.05, 3.63) is 60.3 Å². The van der Waals surface area contributed by atoms with Gasteiger partial charge in [-0.2, -0.15) is 5.10 Å². The molecule has 8 heteroatoms. The molecule has 0 aliphatic heterocycles. The second-order valence-corrected chi connectivity index (χ2v) is 6.66. The molecule has 1 unspecified atom stereocenters. The Kier molecular flexibility index (Phi) is 5.20. The first-order valence-corrected chi connectivity index (χ1v) is 9.35. The molecule has 0 saturated carbocycles. The Morgan fingerprint density at radius 3 is 2.79 bits per heavy atom. The zero-order valence-corrected chi connectivity index (χ0v) is 16.3. The van der Waals surface area contributed by atoms with Crippen LogP contribution in [0.25, 0.3) is 28.0 Å². The maximum absolute atomic E-state index is 9.37. The SMILES string of the molecule is CCC(N)c1cccc(-c2cc(OC)c3cnn(-c4cncc(CO)n4)c3c2)n1. The number of nitrogens with two attached hydrogens (primary N) is 1. The van der Waals surface area contributed by atoms with Crippen LogP contribution in [0.15, 0.2) is 48.9 Å². The van der Waals surface area contributed by atoms with Gasteiger partial charge >= 0.3 is 0 Å². The highest BCUT2D eigenvalue weighted by molar-refractivity contribution is 5.90. The second-order valence-electron chi connectivity index (χ2n) is 6.66. The third-order valence-corrected chi connectivity index (χ3v) is 4.81. The van der Waals surface area contributed by atoms with Gasteiger partial charge in [-0.1, -0.05) is 13.0 Å². The summed E-state index contributed by atoms with van der Waals surface area (Å²) in [5.74, 6) is 1.20. The molecule has 0 fully saturated rings. The van der Waals surface area contributed by atoms with Crippen LogP contribution in [0.5, 0.6) is 5.75 Å². The minimum Gasteiger partial charge on any atom is -0.496 e. The van der Waals surface area contributed by atoms with E-state index in [0.717, 1.165) is 34.3 Å². The molecule has 0 bridgehead atoms. The van der Waals surface area contributed by atoms with Crippen molar-refractivity contribution in [1.82, 2.24) is 24.7 Å². The lowest BCUT2D eigenvalue weighted by Crippen LogP contribution is -2.10. The van der Waals surface area contributed by atoms with Crippen LogP contribution >= 0.6 is 0 Å². The lowest BCUT2D eigenvalue weighted by atomic mass is 10.1. The number of fused-ring (bicyclic) bond motifs is 1. The monoisotopic (exact) mass is 390 g/mol. The number of aliphatic hydroxyl groups excluding tert-OH is 1. The average Bonchev–Trinajstić information content (AvgIpc) is 3.22. The fourth-order valence-electron chi connectivity index (χ4n) is 3.19. The van der Waals surface area contributed by atoms with E-state index in [1.54, 1.807) is 24.2 Å². The van der Waals surface area contributed by atoms with Crippen LogP contribution in [-0.4, -0.2) is 36.9 Å². The largest absolute Gasteiger partial charge is 0.496 e. The van der Waals surface area contributed by atoms with Gasteiger partial charge in [0.2, 0.25) is 0 Å². The predicted octanol–water partition coefficient (Wildman–Crippen LogP) is 2.79. The molecule has 3 aromatic heterocycles. The number of benzene rings is 1. The van der Waals surface area contributed by atoms with Crippen molar-refractivity contribution in [2.45, 2.75) is 26.0 Å². The molecule has 1 aromatic carbocycles. The normalized spacial score (nSPS) is 12.3. The highest BCUT2D eigenvalue weighted by Crippen LogP contribution is 2.33. The Bertz CT molecular complexity index is 1160. The molecule has 0 aliphatic carbocycles. The molecule has 1 atom stereocenters. The Hall–Kier alpha value is -3.36. The van der Waals surface area contributed by atoms with Crippen LogP contribution in [0.2, 0.25) is 0 Å².